The van der Waals surface area contributed by atoms with Crippen molar-refractivity contribution in [2.45, 2.75) is 12.5 Å². The van der Waals surface area contributed by atoms with Gasteiger partial charge in [0, 0.05) is 0 Å². The number of carbonyl (C=O) groups excluding carboxylic acids is 2. The molecule has 3 rings (SSSR count). The van der Waals surface area contributed by atoms with Crippen LogP contribution in [0.1, 0.15) is 17.5 Å². The number of amides is 2. The Hall–Kier alpha value is -4.26. The van der Waals surface area contributed by atoms with Crippen LogP contribution in [0.3, 0.4) is 0 Å². The molecule has 0 saturated carbocycles. The van der Waals surface area contributed by atoms with E-state index >= 15 is 0 Å². The third-order valence-corrected chi connectivity index (χ3v) is 3.86. The molecular weight excluding hydrogens is 379 g/mol. The van der Waals surface area contributed by atoms with Gasteiger partial charge in [-0.3, -0.25) is 14.9 Å². The number of hydrogen-bond acceptors (Lipinski definition) is 7. The summed E-state index contributed by atoms with van der Waals surface area (Å²) in [6.45, 7) is 0. The second-order valence-electron chi connectivity index (χ2n) is 6.00. The number of hydrazone groups is 1. The summed E-state index contributed by atoms with van der Waals surface area (Å²) in [7, 11) is 0. The van der Waals surface area contributed by atoms with Gasteiger partial charge in [-0.1, -0.05) is 0 Å². The third-order valence-electron chi connectivity index (χ3n) is 3.86. The van der Waals surface area contributed by atoms with Gasteiger partial charge in [-0.2, -0.15) is 10.4 Å². The highest BCUT2D eigenvalue weighted by Gasteiger charge is 2.28. The molecule has 0 radical (unpaired) electrons. The van der Waals surface area contributed by atoms with Crippen LogP contribution in [0.15, 0.2) is 52.6 Å². The van der Waals surface area contributed by atoms with Crippen molar-refractivity contribution in [2.24, 2.45) is 10.1 Å². The van der Waals surface area contributed by atoms with E-state index in [-0.39, 0.29) is 29.4 Å². The number of aliphatic imine (C=N–C) groups is 1. The molecule has 0 spiro atoms. The predicted molar refractivity (Wildman–Crippen MR) is 103 cm³/mol. The number of nitrogens with one attached hydrogen (secondary N) is 3. The first-order valence-corrected chi connectivity index (χ1v) is 8.41. The van der Waals surface area contributed by atoms with Gasteiger partial charge in [0.05, 0.1) is 23.9 Å². The monoisotopic (exact) mass is 394 g/mol. The summed E-state index contributed by atoms with van der Waals surface area (Å²) < 4.78 is 13.2. The Labute approximate surface area is 164 Å². The average Bonchev–Trinajstić information content (AvgIpc) is 3.03. The quantitative estimate of drug-likeness (QED) is 0.446. The number of guanidine groups is 1. The molecule has 1 heterocycles. The molecule has 0 bridgehead atoms. The van der Waals surface area contributed by atoms with Crippen molar-refractivity contribution < 1.29 is 19.1 Å². The lowest BCUT2D eigenvalue weighted by Crippen LogP contribution is -2.35. The van der Waals surface area contributed by atoms with Crippen LogP contribution in [0.2, 0.25) is 0 Å². The number of halogens is 1. The number of nitriles is 1. The number of phenolic OH excluding ortho intramolecular Hbond substituents is 1. The maximum atomic E-state index is 13.2. The lowest BCUT2D eigenvalue weighted by atomic mass is 10.1. The van der Waals surface area contributed by atoms with Crippen LogP contribution in [0.25, 0.3) is 0 Å². The van der Waals surface area contributed by atoms with Gasteiger partial charge in [0.1, 0.15) is 23.7 Å². The van der Waals surface area contributed by atoms with Crippen molar-refractivity contribution in [3.63, 3.8) is 0 Å². The maximum Gasteiger partial charge on any atom is 0.252 e. The van der Waals surface area contributed by atoms with E-state index < -0.39 is 23.7 Å². The minimum absolute atomic E-state index is 0.0244. The molecule has 1 aliphatic rings. The van der Waals surface area contributed by atoms with Crippen molar-refractivity contribution in [2.75, 3.05) is 5.32 Å². The number of rotatable bonds is 5. The number of nitrogens with zero attached hydrogens (tertiary/aromatic N) is 3. The van der Waals surface area contributed by atoms with Gasteiger partial charge in [0.25, 0.3) is 5.91 Å². The smallest absolute Gasteiger partial charge is 0.252 e. The van der Waals surface area contributed by atoms with Crippen molar-refractivity contribution in [1.82, 2.24) is 10.7 Å². The Morgan fingerprint density at radius 1 is 1.34 bits per heavy atom. The molecule has 0 aromatic heterocycles. The van der Waals surface area contributed by atoms with E-state index in [1.807, 2.05) is 0 Å². The van der Waals surface area contributed by atoms with Gasteiger partial charge in [0.15, 0.2) is 0 Å². The molecule has 0 saturated heterocycles. The molecule has 2 amide bonds. The number of phenols is 1. The van der Waals surface area contributed by atoms with E-state index in [1.165, 1.54) is 24.4 Å². The SMILES string of the molecule is N#Cc1cc(F)ccc1NC(=O)C[C@@H]1N=C(N/N=C\c2ccc(O)cc2)NC1=O. The zero-order valence-electron chi connectivity index (χ0n) is 14.9. The van der Waals surface area contributed by atoms with Gasteiger partial charge in [-0.05, 0) is 48.0 Å². The summed E-state index contributed by atoms with van der Waals surface area (Å²) in [6.07, 6.45) is 1.20. The third kappa shape index (κ3) is 5.14. The topological polar surface area (TPSA) is 139 Å². The molecule has 0 unspecified atom stereocenters. The number of anilines is 1. The Morgan fingerprint density at radius 2 is 2.10 bits per heavy atom. The van der Waals surface area contributed by atoms with Gasteiger partial charge in [-0.15, -0.1) is 0 Å². The van der Waals surface area contributed by atoms with E-state index in [0.717, 1.165) is 12.1 Å². The maximum absolute atomic E-state index is 13.2. The molecule has 10 heteroatoms. The first-order valence-electron chi connectivity index (χ1n) is 8.41. The summed E-state index contributed by atoms with van der Waals surface area (Å²) in [6, 6.07) is 10.5. The summed E-state index contributed by atoms with van der Waals surface area (Å²) in [5, 5.41) is 27.1. The number of carbonyl (C=O) groups is 2. The van der Waals surface area contributed by atoms with E-state index in [9.17, 15) is 19.1 Å². The number of aromatic hydroxyl groups is 1. The Balaban J connectivity index is 1.57. The normalized spacial score (nSPS) is 15.5. The van der Waals surface area contributed by atoms with Crippen LogP contribution in [-0.4, -0.2) is 35.1 Å². The van der Waals surface area contributed by atoms with Gasteiger partial charge < -0.3 is 10.4 Å². The standard InChI is InChI=1S/C19H15FN6O3/c20-13-3-6-15(12(7-13)9-21)23-17(28)8-16-18(29)25-19(24-16)26-22-10-11-1-4-14(27)5-2-11/h1-7,10,16,27H,8H2,(H,23,28)(H2,24,25,26,29)/b22-10-/t16-/m0/s1. The van der Waals surface area contributed by atoms with Crippen LogP contribution in [0.4, 0.5) is 10.1 Å². The molecule has 1 aliphatic heterocycles. The molecular formula is C19H15FN6O3. The lowest BCUT2D eigenvalue weighted by molar-refractivity contribution is -0.123. The van der Waals surface area contributed by atoms with Crippen molar-refractivity contribution in [3.8, 4) is 11.8 Å². The highest BCUT2D eigenvalue weighted by Crippen LogP contribution is 2.17. The van der Waals surface area contributed by atoms with Crippen LogP contribution >= 0.6 is 0 Å². The minimum Gasteiger partial charge on any atom is -0.508 e. The predicted octanol–water partition coefficient (Wildman–Crippen LogP) is 1.21. The molecule has 9 nitrogen and oxygen atoms in total. The van der Waals surface area contributed by atoms with Gasteiger partial charge >= 0.3 is 0 Å². The summed E-state index contributed by atoms with van der Waals surface area (Å²) >= 11 is 0. The van der Waals surface area contributed by atoms with E-state index in [0.29, 0.717) is 5.56 Å². The fourth-order valence-corrected chi connectivity index (χ4v) is 2.47. The molecule has 1 atom stereocenters. The number of benzene rings is 2. The van der Waals surface area contributed by atoms with Crippen LogP contribution in [0, 0.1) is 17.1 Å². The molecule has 146 valence electrons. The van der Waals surface area contributed by atoms with Crippen LogP contribution < -0.4 is 16.1 Å². The Morgan fingerprint density at radius 3 is 2.83 bits per heavy atom. The molecule has 2 aromatic carbocycles. The fraction of sp³-hybridized carbons (Fsp3) is 0.105. The lowest BCUT2D eigenvalue weighted by Gasteiger charge is -2.08. The second-order valence-corrected chi connectivity index (χ2v) is 6.00. The molecule has 0 fully saturated rings. The average molecular weight is 394 g/mol. The second kappa shape index (κ2) is 8.62. The number of hydrogen-bond donors (Lipinski definition) is 4. The van der Waals surface area contributed by atoms with E-state index in [2.05, 4.69) is 26.2 Å². The zero-order chi connectivity index (χ0) is 20.8. The first kappa shape index (κ1) is 19.5. The molecule has 2 aromatic rings. The van der Waals surface area contributed by atoms with Crippen LogP contribution in [-0.2, 0) is 9.59 Å². The van der Waals surface area contributed by atoms with E-state index in [1.54, 1.807) is 18.2 Å². The van der Waals surface area contributed by atoms with Gasteiger partial charge in [0.2, 0.25) is 11.9 Å². The fourth-order valence-electron chi connectivity index (χ4n) is 2.47. The van der Waals surface area contributed by atoms with E-state index in [4.69, 9.17) is 5.26 Å². The molecule has 4 N–H and O–H groups in total. The zero-order valence-corrected chi connectivity index (χ0v) is 14.9. The van der Waals surface area contributed by atoms with Crippen molar-refractivity contribution >= 4 is 29.7 Å². The van der Waals surface area contributed by atoms with Crippen LogP contribution in [0.5, 0.6) is 5.75 Å². The minimum atomic E-state index is -0.965. The van der Waals surface area contributed by atoms with Crippen molar-refractivity contribution in [3.05, 3.63) is 59.4 Å². The Kier molecular flexibility index (Phi) is 5.80. The molecule has 29 heavy (non-hydrogen) atoms. The van der Waals surface area contributed by atoms with Crippen molar-refractivity contribution in [1.29, 1.82) is 5.26 Å². The highest BCUT2D eigenvalue weighted by atomic mass is 19.1. The Bertz CT molecular complexity index is 1040. The first-order chi connectivity index (χ1) is 13.9. The van der Waals surface area contributed by atoms with Gasteiger partial charge in [-0.25, -0.2) is 14.8 Å². The highest BCUT2D eigenvalue weighted by molar-refractivity contribution is 6.07. The summed E-state index contributed by atoms with van der Waals surface area (Å²) in [5.74, 6) is -1.41. The summed E-state index contributed by atoms with van der Waals surface area (Å²) in [5.41, 5.74) is 3.40. The largest absolute Gasteiger partial charge is 0.508 e. The molecule has 0 aliphatic carbocycles. The summed E-state index contributed by atoms with van der Waals surface area (Å²) in [4.78, 5) is 28.2.